The van der Waals surface area contributed by atoms with Gasteiger partial charge in [0, 0.05) is 16.8 Å². The van der Waals surface area contributed by atoms with Gasteiger partial charge in [0.05, 0.1) is 36.1 Å². The number of ether oxygens (including phenoxy) is 2. The number of carbonyl (C=O) groups excluding carboxylic acids is 3. The summed E-state index contributed by atoms with van der Waals surface area (Å²) < 4.78 is 10.1. The summed E-state index contributed by atoms with van der Waals surface area (Å²) in [5.41, 5.74) is -0.185. The number of benzene rings is 3. The third-order valence-corrected chi connectivity index (χ3v) is 6.22. The number of nitrogens with one attached hydrogen (secondary N) is 2. The molecule has 7 nitrogen and oxygen atoms in total. The van der Waals surface area contributed by atoms with Crippen LogP contribution in [0.1, 0.15) is 11.1 Å². The predicted octanol–water partition coefficient (Wildman–Crippen LogP) is 3.87. The first kappa shape index (κ1) is 20.1. The molecule has 1 spiro atoms. The highest BCUT2D eigenvalue weighted by molar-refractivity contribution is 6.37. The van der Waals surface area contributed by atoms with E-state index in [-0.39, 0.29) is 11.1 Å². The van der Waals surface area contributed by atoms with Crippen molar-refractivity contribution < 1.29 is 23.9 Å². The number of rotatable bonds is 2. The maximum absolute atomic E-state index is 13.5. The van der Waals surface area contributed by atoms with Gasteiger partial charge in [-0.1, -0.05) is 54.1 Å². The molecule has 3 aromatic rings. The van der Waals surface area contributed by atoms with Crippen LogP contribution < -0.4 is 10.6 Å². The van der Waals surface area contributed by atoms with Crippen molar-refractivity contribution in [3.05, 3.63) is 76.3 Å². The fourth-order valence-corrected chi connectivity index (χ4v) is 4.77. The number of hydrogen-bond acceptors (Lipinski definition) is 6. The molecule has 32 heavy (non-hydrogen) atoms. The Balaban J connectivity index is 1.97. The highest BCUT2D eigenvalue weighted by Crippen LogP contribution is 2.53. The Hall–Kier alpha value is -3.84. The lowest BCUT2D eigenvalue weighted by atomic mass is 9.75. The Morgan fingerprint density at radius 3 is 2.44 bits per heavy atom. The first-order valence-electron chi connectivity index (χ1n) is 9.76. The lowest BCUT2D eigenvalue weighted by Crippen LogP contribution is -2.49. The maximum Gasteiger partial charge on any atom is 0.339 e. The largest absolute Gasteiger partial charge is 0.466 e. The quantitative estimate of drug-likeness (QED) is 0.578. The molecule has 2 heterocycles. The molecule has 0 saturated heterocycles. The number of hydrogen-bond donors (Lipinski definition) is 2. The van der Waals surface area contributed by atoms with E-state index in [1.54, 1.807) is 24.3 Å². The molecular weight excluding hydrogens is 432 g/mol. The van der Waals surface area contributed by atoms with Crippen molar-refractivity contribution >= 4 is 57.2 Å². The van der Waals surface area contributed by atoms with Crippen LogP contribution in [0.15, 0.2) is 60.2 Å². The van der Waals surface area contributed by atoms with Gasteiger partial charge in [0.1, 0.15) is 0 Å². The van der Waals surface area contributed by atoms with Gasteiger partial charge in [-0.25, -0.2) is 9.59 Å². The van der Waals surface area contributed by atoms with Crippen molar-refractivity contribution in [2.24, 2.45) is 0 Å². The lowest BCUT2D eigenvalue weighted by molar-refractivity contribution is -0.139. The number of para-hydroxylation sites is 1. The smallest absolute Gasteiger partial charge is 0.339 e. The number of anilines is 2. The number of carbonyl (C=O) groups is 3. The number of methoxy groups -OCH3 is 2. The molecule has 1 amide bonds. The van der Waals surface area contributed by atoms with Crippen molar-refractivity contribution in [2.45, 2.75) is 5.54 Å². The molecule has 0 saturated carbocycles. The van der Waals surface area contributed by atoms with E-state index in [1.807, 2.05) is 30.3 Å². The molecule has 5 rings (SSSR count). The summed E-state index contributed by atoms with van der Waals surface area (Å²) >= 11 is 6.34. The third kappa shape index (κ3) is 2.51. The second kappa shape index (κ2) is 7.10. The molecule has 2 aliphatic rings. The van der Waals surface area contributed by atoms with Gasteiger partial charge in [0.2, 0.25) is 0 Å². The first-order chi connectivity index (χ1) is 15.4. The van der Waals surface area contributed by atoms with Crippen molar-refractivity contribution in [1.82, 2.24) is 0 Å². The predicted molar refractivity (Wildman–Crippen MR) is 120 cm³/mol. The van der Waals surface area contributed by atoms with Gasteiger partial charge in [0.25, 0.3) is 5.91 Å². The fourth-order valence-electron chi connectivity index (χ4n) is 4.55. The summed E-state index contributed by atoms with van der Waals surface area (Å²) in [6.07, 6.45) is 0. The monoisotopic (exact) mass is 448 g/mol. The summed E-state index contributed by atoms with van der Waals surface area (Å²) in [7, 11) is 2.42. The van der Waals surface area contributed by atoms with Crippen LogP contribution in [-0.4, -0.2) is 32.1 Å². The van der Waals surface area contributed by atoms with Crippen molar-refractivity contribution in [3.63, 3.8) is 0 Å². The van der Waals surface area contributed by atoms with Gasteiger partial charge in [0.15, 0.2) is 5.54 Å². The molecule has 2 N–H and O–H groups in total. The topological polar surface area (TPSA) is 93.7 Å². The Kier molecular flexibility index (Phi) is 4.46. The van der Waals surface area contributed by atoms with Gasteiger partial charge < -0.3 is 20.1 Å². The van der Waals surface area contributed by atoms with Crippen LogP contribution in [0, 0.1) is 0 Å². The zero-order chi connectivity index (χ0) is 22.6. The molecule has 0 fully saturated rings. The van der Waals surface area contributed by atoms with Gasteiger partial charge in [-0.05, 0) is 22.9 Å². The Labute approximate surface area is 188 Å². The van der Waals surface area contributed by atoms with Crippen LogP contribution >= 0.6 is 11.6 Å². The van der Waals surface area contributed by atoms with Crippen molar-refractivity contribution in [2.75, 3.05) is 24.9 Å². The molecule has 2 aliphatic heterocycles. The minimum Gasteiger partial charge on any atom is -0.466 e. The van der Waals surface area contributed by atoms with Crippen LogP contribution in [0.25, 0.3) is 16.3 Å². The fraction of sp³-hybridized carbons (Fsp3) is 0.125. The molecule has 3 aromatic carbocycles. The third-order valence-electron chi connectivity index (χ3n) is 5.90. The van der Waals surface area contributed by atoms with Crippen LogP contribution in [0.4, 0.5) is 11.4 Å². The normalized spacial score (nSPS) is 18.7. The second-order valence-electron chi connectivity index (χ2n) is 7.43. The molecule has 0 radical (unpaired) electrons. The summed E-state index contributed by atoms with van der Waals surface area (Å²) in [5.74, 6) is -2.15. The Morgan fingerprint density at radius 2 is 1.69 bits per heavy atom. The first-order valence-corrected chi connectivity index (χ1v) is 10.1. The minimum atomic E-state index is -1.73. The Bertz CT molecular complexity index is 1380. The van der Waals surface area contributed by atoms with E-state index in [1.165, 1.54) is 14.2 Å². The molecular formula is C24H17ClN2O5. The standard InChI is InChI=1S/C24H17ClN2O5/c1-31-21(28)18-17-13-7-4-3-6-12(13)10-11-16(17)27-24(19(18)22(29)32-2)14-8-5-9-15(25)20(14)26-23(24)30/h3-11,27H,1-2H3,(H,26,30). The zero-order valence-corrected chi connectivity index (χ0v) is 17.9. The van der Waals surface area contributed by atoms with E-state index in [9.17, 15) is 14.4 Å². The van der Waals surface area contributed by atoms with E-state index in [0.29, 0.717) is 27.5 Å². The number of fused-ring (bicyclic) bond motifs is 5. The van der Waals surface area contributed by atoms with E-state index >= 15 is 0 Å². The summed E-state index contributed by atoms with van der Waals surface area (Å²) in [4.78, 5) is 39.9. The van der Waals surface area contributed by atoms with Crippen LogP contribution in [-0.2, 0) is 29.4 Å². The highest BCUT2D eigenvalue weighted by atomic mass is 35.5. The number of amides is 1. The highest BCUT2D eigenvalue weighted by Gasteiger charge is 2.57. The molecule has 0 bridgehead atoms. The van der Waals surface area contributed by atoms with Gasteiger partial charge in [-0.3, -0.25) is 4.79 Å². The van der Waals surface area contributed by atoms with Crippen molar-refractivity contribution in [3.8, 4) is 0 Å². The van der Waals surface area contributed by atoms with Gasteiger partial charge in [-0.15, -0.1) is 0 Å². The SMILES string of the molecule is COC(=O)C1=C(C(=O)OC)C2(Nc3ccc4ccccc4c31)C(=O)Nc1c(Cl)cccc12. The van der Waals surface area contributed by atoms with Gasteiger partial charge >= 0.3 is 11.9 Å². The molecule has 0 aromatic heterocycles. The van der Waals surface area contributed by atoms with Crippen molar-refractivity contribution in [1.29, 1.82) is 0 Å². The average molecular weight is 449 g/mol. The second-order valence-corrected chi connectivity index (χ2v) is 7.84. The summed E-state index contributed by atoms with van der Waals surface area (Å²) in [6, 6.07) is 16.1. The van der Waals surface area contributed by atoms with E-state index < -0.39 is 23.4 Å². The maximum atomic E-state index is 13.5. The average Bonchev–Trinajstić information content (AvgIpc) is 3.09. The van der Waals surface area contributed by atoms with Gasteiger partial charge in [-0.2, -0.15) is 0 Å². The Morgan fingerprint density at radius 1 is 0.938 bits per heavy atom. The molecule has 0 aliphatic carbocycles. The molecule has 8 heteroatoms. The minimum absolute atomic E-state index is 0.0344. The molecule has 1 atom stereocenters. The van der Waals surface area contributed by atoms with Crippen LogP contribution in [0.5, 0.6) is 0 Å². The van der Waals surface area contributed by atoms with Crippen LogP contribution in [0.2, 0.25) is 5.02 Å². The van der Waals surface area contributed by atoms with E-state index in [0.717, 1.165) is 10.8 Å². The summed E-state index contributed by atoms with van der Waals surface area (Å²) in [5, 5.41) is 7.87. The lowest BCUT2D eigenvalue weighted by Gasteiger charge is -2.37. The summed E-state index contributed by atoms with van der Waals surface area (Å²) in [6.45, 7) is 0. The van der Waals surface area contributed by atoms with E-state index in [4.69, 9.17) is 21.1 Å². The zero-order valence-electron chi connectivity index (χ0n) is 17.1. The molecule has 160 valence electrons. The van der Waals surface area contributed by atoms with E-state index in [2.05, 4.69) is 10.6 Å². The van der Waals surface area contributed by atoms with Crippen LogP contribution in [0.3, 0.4) is 0 Å². The number of esters is 2. The molecule has 1 unspecified atom stereocenters. The number of halogens is 1.